The van der Waals surface area contributed by atoms with Gasteiger partial charge in [-0.05, 0) is 43.9 Å². The fourth-order valence-electron chi connectivity index (χ4n) is 2.80. The van der Waals surface area contributed by atoms with Crippen molar-refractivity contribution in [2.24, 2.45) is 5.92 Å². The molecule has 0 aliphatic rings. The summed E-state index contributed by atoms with van der Waals surface area (Å²) >= 11 is 6.09. The number of imidazole rings is 1. The molecule has 0 spiro atoms. The van der Waals surface area contributed by atoms with Gasteiger partial charge in [0.25, 0.3) is 0 Å². The van der Waals surface area contributed by atoms with Crippen LogP contribution in [-0.4, -0.2) is 9.55 Å². The number of hydrogen-bond donors (Lipinski definition) is 0. The Morgan fingerprint density at radius 1 is 1.20 bits per heavy atom. The topological polar surface area (TPSA) is 17.8 Å². The fourth-order valence-corrected chi connectivity index (χ4v) is 2.98. The van der Waals surface area contributed by atoms with Crippen molar-refractivity contribution in [3.05, 3.63) is 29.6 Å². The van der Waals surface area contributed by atoms with Crippen molar-refractivity contribution >= 4 is 22.6 Å². The Kier molecular flexibility index (Phi) is 5.09. The molecule has 2 nitrogen and oxygen atoms in total. The highest BCUT2D eigenvalue weighted by molar-refractivity contribution is 6.16. The van der Waals surface area contributed by atoms with Crippen molar-refractivity contribution in [1.82, 2.24) is 9.55 Å². The SMILES string of the molecule is Cc1ccc2c(c1)nc(CCl)n2C(C)CCCC(C)C. The third-order valence-corrected chi connectivity index (χ3v) is 4.12. The highest BCUT2D eigenvalue weighted by Gasteiger charge is 2.15. The van der Waals surface area contributed by atoms with E-state index in [2.05, 4.69) is 55.4 Å². The van der Waals surface area contributed by atoms with Crippen molar-refractivity contribution in [1.29, 1.82) is 0 Å². The van der Waals surface area contributed by atoms with E-state index in [0.29, 0.717) is 11.9 Å². The lowest BCUT2D eigenvalue weighted by molar-refractivity contribution is 0.447. The van der Waals surface area contributed by atoms with Gasteiger partial charge in [0.1, 0.15) is 5.82 Å². The van der Waals surface area contributed by atoms with Crippen molar-refractivity contribution < 1.29 is 0 Å². The van der Waals surface area contributed by atoms with Gasteiger partial charge in [-0.25, -0.2) is 4.98 Å². The summed E-state index contributed by atoms with van der Waals surface area (Å²) in [6.07, 6.45) is 3.72. The first-order valence-electron chi connectivity index (χ1n) is 7.56. The van der Waals surface area contributed by atoms with E-state index in [1.54, 1.807) is 0 Å². The lowest BCUT2D eigenvalue weighted by atomic mass is 10.0. The highest BCUT2D eigenvalue weighted by atomic mass is 35.5. The van der Waals surface area contributed by atoms with E-state index < -0.39 is 0 Å². The molecular formula is C17H25ClN2. The summed E-state index contributed by atoms with van der Waals surface area (Å²) in [6, 6.07) is 6.92. The molecule has 0 bridgehead atoms. The quantitative estimate of drug-likeness (QED) is 0.645. The van der Waals surface area contributed by atoms with Gasteiger partial charge in [-0.15, -0.1) is 11.6 Å². The maximum Gasteiger partial charge on any atom is 0.125 e. The number of aryl methyl sites for hydroxylation is 1. The zero-order valence-electron chi connectivity index (χ0n) is 13.0. The van der Waals surface area contributed by atoms with Crippen molar-refractivity contribution in [3.63, 3.8) is 0 Å². The van der Waals surface area contributed by atoms with Gasteiger partial charge in [-0.2, -0.15) is 0 Å². The number of alkyl halides is 1. The van der Waals surface area contributed by atoms with E-state index >= 15 is 0 Å². The van der Waals surface area contributed by atoms with Crippen LogP contribution in [0.15, 0.2) is 18.2 Å². The van der Waals surface area contributed by atoms with Gasteiger partial charge < -0.3 is 4.57 Å². The minimum absolute atomic E-state index is 0.454. The number of hydrogen-bond acceptors (Lipinski definition) is 1. The predicted octanol–water partition coefficient (Wildman–Crippen LogP) is 5.47. The Bertz CT molecular complexity index is 572. The van der Waals surface area contributed by atoms with E-state index in [1.165, 1.54) is 30.3 Å². The summed E-state index contributed by atoms with van der Waals surface area (Å²) in [5.74, 6) is 2.24. The molecule has 110 valence electrons. The fraction of sp³-hybridized carbons (Fsp3) is 0.588. The molecule has 0 saturated carbocycles. The first-order chi connectivity index (χ1) is 9.52. The van der Waals surface area contributed by atoms with Gasteiger partial charge in [0, 0.05) is 6.04 Å². The van der Waals surface area contributed by atoms with Crippen LogP contribution in [0.4, 0.5) is 0 Å². The molecule has 2 aromatic rings. The number of benzene rings is 1. The normalized spacial score (nSPS) is 13.3. The first kappa shape index (κ1) is 15.4. The number of rotatable bonds is 6. The van der Waals surface area contributed by atoms with Crippen LogP contribution in [0.3, 0.4) is 0 Å². The highest BCUT2D eigenvalue weighted by Crippen LogP contribution is 2.26. The molecule has 0 fully saturated rings. The minimum Gasteiger partial charge on any atom is -0.324 e. The van der Waals surface area contributed by atoms with Crippen LogP contribution in [0.25, 0.3) is 11.0 Å². The molecule has 3 heteroatoms. The molecule has 0 aliphatic heterocycles. The van der Waals surface area contributed by atoms with Crippen molar-refractivity contribution in [2.75, 3.05) is 0 Å². The van der Waals surface area contributed by atoms with Crippen LogP contribution in [0.1, 0.15) is 57.5 Å². The molecule has 0 amide bonds. The van der Waals surface area contributed by atoms with E-state index in [9.17, 15) is 0 Å². The molecule has 1 unspecified atom stereocenters. The molecule has 0 radical (unpaired) electrons. The Labute approximate surface area is 127 Å². The number of halogens is 1. The van der Waals surface area contributed by atoms with Crippen LogP contribution in [0.2, 0.25) is 0 Å². The summed E-state index contributed by atoms with van der Waals surface area (Å²) in [5.41, 5.74) is 3.52. The van der Waals surface area contributed by atoms with Crippen LogP contribution < -0.4 is 0 Å². The van der Waals surface area contributed by atoms with Crippen LogP contribution in [0.5, 0.6) is 0 Å². The summed E-state index contributed by atoms with van der Waals surface area (Å²) < 4.78 is 2.32. The number of aromatic nitrogens is 2. The molecule has 0 N–H and O–H groups in total. The predicted molar refractivity (Wildman–Crippen MR) is 87.4 cm³/mol. The van der Waals surface area contributed by atoms with Crippen LogP contribution >= 0.6 is 11.6 Å². The molecule has 1 aromatic carbocycles. The van der Waals surface area contributed by atoms with E-state index in [1.807, 2.05) is 0 Å². The van der Waals surface area contributed by atoms with Crippen molar-refractivity contribution in [2.45, 2.75) is 58.9 Å². The molecule has 20 heavy (non-hydrogen) atoms. The van der Waals surface area contributed by atoms with Gasteiger partial charge >= 0.3 is 0 Å². The zero-order chi connectivity index (χ0) is 14.7. The third-order valence-electron chi connectivity index (χ3n) is 3.88. The van der Waals surface area contributed by atoms with E-state index in [0.717, 1.165) is 17.3 Å². The summed E-state index contributed by atoms with van der Waals surface area (Å²) in [6.45, 7) is 8.94. The largest absolute Gasteiger partial charge is 0.324 e. The van der Waals surface area contributed by atoms with E-state index in [4.69, 9.17) is 11.6 Å². The molecule has 0 aliphatic carbocycles. The monoisotopic (exact) mass is 292 g/mol. The van der Waals surface area contributed by atoms with Crippen LogP contribution in [0, 0.1) is 12.8 Å². The lowest BCUT2D eigenvalue weighted by Gasteiger charge is -2.17. The van der Waals surface area contributed by atoms with Gasteiger partial charge in [0.05, 0.1) is 16.9 Å². The third kappa shape index (κ3) is 3.35. The Morgan fingerprint density at radius 2 is 1.95 bits per heavy atom. The molecule has 1 aromatic heterocycles. The number of nitrogens with zero attached hydrogens (tertiary/aromatic N) is 2. The minimum atomic E-state index is 0.454. The average molecular weight is 293 g/mol. The maximum atomic E-state index is 6.09. The maximum absolute atomic E-state index is 6.09. The lowest BCUT2D eigenvalue weighted by Crippen LogP contribution is -2.09. The van der Waals surface area contributed by atoms with Crippen LogP contribution in [-0.2, 0) is 5.88 Å². The summed E-state index contributed by atoms with van der Waals surface area (Å²) in [7, 11) is 0. The molecule has 1 heterocycles. The smallest absolute Gasteiger partial charge is 0.125 e. The first-order valence-corrected chi connectivity index (χ1v) is 8.09. The van der Waals surface area contributed by atoms with Gasteiger partial charge in [0.15, 0.2) is 0 Å². The molecule has 1 atom stereocenters. The Balaban J connectivity index is 2.27. The van der Waals surface area contributed by atoms with Crippen molar-refractivity contribution in [3.8, 4) is 0 Å². The van der Waals surface area contributed by atoms with Gasteiger partial charge in [0.2, 0.25) is 0 Å². The Morgan fingerprint density at radius 3 is 2.60 bits per heavy atom. The molecule has 0 saturated heterocycles. The molecular weight excluding hydrogens is 268 g/mol. The van der Waals surface area contributed by atoms with E-state index in [-0.39, 0.29) is 0 Å². The zero-order valence-corrected chi connectivity index (χ0v) is 13.7. The average Bonchev–Trinajstić information content (AvgIpc) is 2.75. The van der Waals surface area contributed by atoms with Gasteiger partial charge in [-0.1, -0.05) is 32.8 Å². The Hall–Kier alpha value is -1.02. The standard InChI is InChI=1S/C17H25ClN2/c1-12(2)6-5-7-14(4)20-16-9-8-13(3)10-15(16)19-17(20)11-18/h8-10,12,14H,5-7,11H2,1-4H3. The second-order valence-electron chi connectivity index (χ2n) is 6.20. The second kappa shape index (κ2) is 6.62. The number of fused-ring (bicyclic) bond motifs is 1. The summed E-state index contributed by atoms with van der Waals surface area (Å²) in [4.78, 5) is 4.69. The van der Waals surface area contributed by atoms with Gasteiger partial charge in [-0.3, -0.25) is 0 Å². The second-order valence-corrected chi connectivity index (χ2v) is 6.46. The summed E-state index contributed by atoms with van der Waals surface area (Å²) in [5, 5.41) is 0. The molecule has 2 rings (SSSR count).